The molecule has 0 radical (unpaired) electrons. The van der Waals surface area contributed by atoms with Gasteiger partial charge in [0.1, 0.15) is 5.82 Å². The van der Waals surface area contributed by atoms with E-state index >= 15 is 0 Å². The van der Waals surface area contributed by atoms with Crippen molar-refractivity contribution in [2.75, 3.05) is 18.4 Å². The Bertz CT molecular complexity index is 878. The molecule has 0 saturated carbocycles. The highest BCUT2D eigenvalue weighted by Crippen LogP contribution is 2.17. The number of halogens is 1. The smallest absolute Gasteiger partial charge is 0.251 e. The SMILES string of the molecule is CCC(C)C(=O)Nc1cccc(C(=O)NC2CCN(Cc3ccccc3F)CC2)c1. The summed E-state index contributed by atoms with van der Waals surface area (Å²) < 4.78 is 13.8. The van der Waals surface area contributed by atoms with Crippen molar-refractivity contribution < 1.29 is 14.0 Å². The molecule has 2 N–H and O–H groups in total. The number of hydrogen-bond acceptors (Lipinski definition) is 3. The van der Waals surface area contributed by atoms with Crippen molar-refractivity contribution in [3.05, 3.63) is 65.5 Å². The van der Waals surface area contributed by atoms with Gasteiger partial charge in [-0.2, -0.15) is 0 Å². The van der Waals surface area contributed by atoms with Crippen LogP contribution in [0, 0.1) is 11.7 Å². The van der Waals surface area contributed by atoms with Gasteiger partial charge in [0, 0.05) is 48.4 Å². The Morgan fingerprint density at radius 3 is 2.57 bits per heavy atom. The number of nitrogens with zero attached hydrogens (tertiary/aromatic N) is 1. The predicted octanol–water partition coefficient (Wildman–Crippen LogP) is 4.20. The highest BCUT2D eigenvalue weighted by molar-refractivity contribution is 5.97. The second-order valence-electron chi connectivity index (χ2n) is 7.99. The Morgan fingerprint density at radius 1 is 1.13 bits per heavy atom. The number of amides is 2. The zero-order chi connectivity index (χ0) is 21.5. The molecule has 1 aliphatic rings. The number of nitrogens with one attached hydrogen (secondary N) is 2. The normalized spacial score (nSPS) is 16.1. The van der Waals surface area contributed by atoms with Crippen molar-refractivity contribution in [1.29, 1.82) is 0 Å². The van der Waals surface area contributed by atoms with Gasteiger partial charge in [0.2, 0.25) is 5.91 Å². The fraction of sp³-hybridized carbons (Fsp3) is 0.417. The van der Waals surface area contributed by atoms with E-state index in [2.05, 4.69) is 15.5 Å². The summed E-state index contributed by atoms with van der Waals surface area (Å²) in [5.41, 5.74) is 1.87. The first-order chi connectivity index (χ1) is 14.5. The van der Waals surface area contributed by atoms with Crippen LogP contribution in [0.5, 0.6) is 0 Å². The fourth-order valence-electron chi connectivity index (χ4n) is 3.56. The molecule has 1 atom stereocenters. The summed E-state index contributed by atoms with van der Waals surface area (Å²) in [7, 11) is 0. The van der Waals surface area contributed by atoms with Crippen molar-refractivity contribution in [2.24, 2.45) is 5.92 Å². The van der Waals surface area contributed by atoms with Gasteiger partial charge in [-0.15, -0.1) is 0 Å². The van der Waals surface area contributed by atoms with Crippen LogP contribution < -0.4 is 10.6 Å². The third kappa shape index (κ3) is 5.89. The van der Waals surface area contributed by atoms with Gasteiger partial charge >= 0.3 is 0 Å². The average molecular weight is 412 g/mol. The number of carbonyl (C=O) groups excluding carboxylic acids is 2. The summed E-state index contributed by atoms with van der Waals surface area (Å²) >= 11 is 0. The Labute approximate surface area is 177 Å². The first-order valence-electron chi connectivity index (χ1n) is 10.6. The molecule has 1 saturated heterocycles. The minimum absolute atomic E-state index is 0.0442. The number of anilines is 1. The second kappa shape index (κ2) is 10.3. The van der Waals surface area contributed by atoms with Gasteiger partial charge in [0.25, 0.3) is 5.91 Å². The molecule has 0 aliphatic carbocycles. The van der Waals surface area contributed by atoms with E-state index in [1.54, 1.807) is 30.3 Å². The highest BCUT2D eigenvalue weighted by atomic mass is 19.1. The van der Waals surface area contributed by atoms with Crippen LogP contribution >= 0.6 is 0 Å². The van der Waals surface area contributed by atoms with Crippen LogP contribution in [0.4, 0.5) is 10.1 Å². The third-order valence-corrected chi connectivity index (χ3v) is 5.73. The van der Waals surface area contributed by atoms with Crippen molar-refractivity contribution in [3.8, 4) is 0 Å². The molecule has 2 aromatic rings. The minimum atomic E-state index is -0.173. The topological polar surface area (TPSA) is 61.4 Å². The van der Waals surface area contributed by atoms with E-state index in [4.69, 9.17) is 0 Å². The number of piperidine rings is 1. The summed E-state index contributed by atoms with van der Waals surface area (Å²) in [6.45, 7) is 6.06. The van der Waals surface area contributed by atoms with Crippen LogP contribution in [-0.2, 0) is 11.3 Å². The Kier molecular flexibility index (Phi) is 7.57. The van der Waals surface area contributed by atoms with Crippen molar-refractivity contribution >= 4 is 17.5 Å². The summed E-state index contributed by atoms with van der Waals surface area (Å²) in [5, 5.41) is 5.96. The lowest BCUT2D eigenvalue weighted by Crippen LogP contribution is -2.44. The summed E-state index contributed by atoms with van der Waals surface area (Å²) in [5.74, 6) is -0.426. The van der Waals surface area contributed by atoms with Crippen LogP contribution in [-0.4, -0.2) is 35.8 Å². The third-order valence-electron chi connectivity index (χ3n) is 5.73. The molecule has 160 valence electrons. The molecule has 0 spiro atoms. The Hall–Kier alpha value is -2.73. The molecular formula is C24H30FN3O2. The van der Waals surface area contributed by atoms with Crippen LogP contribution in [0.15, 0.2) is 48.5 Å². The first-order valence-corrected chi connectivity index (χ1v) is 10.6. The molecule has 5 nitrogen and oxygen atoms in total. The standard InChI is InChI=1S/C24H30FN3O2/c1-3-17(2)23(29)27-21-9-6-8-18(15-21)24(30)26-20-11-13-28(14-12-20)16-19-7-4-5-10-22(19)25/h4-10,15,17,20H,3,11-14,16H2,1-2H3,(H,26,30)(H,27,29). The number of rotatable bonds is 7. The maximum atomic E-state index is 13.8. The molecule has 0 aromatic heterocycles. The van der Waals surface area contributed by atoms with Crippen molar-refractivity contribution in [2.45, 2.75) is 45.7 Å². The largest absolute Gasteiger partial charge is 0.349 e. The zero-order valence-electron chi connectivity index (χ0n) is 17.7. The molecule has 0 bridgehead atoms. The van der Waals surface area contributed by atoms with Crippen LogP contribution in [0.2, 0.25) is 0 Å². The van der Waals surface area contributed by atoms with Gasteiger partial charge in [-0.3, -0.25) is 14.5 Å². The van der Waals surface area contributed by atoms with Crippen molar-refractivity contribution in [1.82, 2.24) is 10.2 Å². The van der Waals surface area contributed by atoms with E-state index < -0.39 is 0 Å². The number of hydrogen-bond donors (Lipinski definition) is 2. The quantitative estimate of drug-likeness (QED) is 0.718. The molecule has 3 rings (SSSR count). The Balaban J connectivity index is 1.50. The van der Waals surface area contributed by atoms with Gasteiger partial charge < -0.3 is 10.6 Å². The van der Waals surface area contributed by atoms with Crippen LogP contribution in [0.3, 0.4) is 0 Å². The maximum Gasteiger partial charge on any atom is 0.251 e. The van der Waals surface area contributed by atoms with Gasteiger partial charge in [-0.05, 0) is 43.5 Å². The van der Waals surface area contributed by atoms with E-state index in [-0.39, 0.29) is 29.6 Å². The molecule has 1 aliphatic heterocycles. The second-order valence-corrected chi connectivity index (χ2v) is 7.99. The molecule has 6 heteroatoms. The average Bonchev–Trinajstić information content (AvgIpc) is 2.76. The minimum Gasteiger partial charge on any atom is -0.349 e. The van der Waals surface area contributed by atoms with Gasteiger partial charge in [-0.25, -0.2) is 4.39 Å². The molecular weight excluding hydrogens is 381 g/mol. The maximum absolute atomic E-state index is 13.8. The molecule has 1 fully saturated rings. The lowest BCUT2D eigenvalue weighted by molar-refractivity contribution is -0.119. The zero-order valence-corrected chi connectivity index (χ0v) is 17.7. The van der Waals surface area contributed by atoms with Gasteiger partial charge in [0.15, 0.2) is 0 Å². The van der Waals surface area contributed by atoms with E-state index in [0.717, 1.165) is 32.4 Å². The van der Waals surface area contributed by atoms with Crippen molar-refractivity contribution in [3.63, 3.8) is 0 Å². The monoisotopic (exact) mass is 411 g/mol. The van der Waals surface area contributed by atoms with E-state index in [0.29, 0.717) is 23.4 Å². The van der Waals surface area contributed by atoms with Gasteiger partial charge in [-0.1, -0.05) is 38.1 Å². The fourth-order valence-corrected chi connectivity index (χ4v) is 3.56. The number of benzene rings is 2. The van der Waals surface area contributed by atoms with E-state index in [9.17, 15) is 14.0 Å². The lowest BCUT2D eigenvalue weighted by Gasteiger charge is -2.32. The summed E-state index contributed by atoms with van der Waals surface area (Å²) in [6.07, 6.45) is 2.41. The van der Waals surface area contributed by atoms with E-state index in [1.165, 1.54) is 6.07 Å². The first kappa shape index (κ1) is 22.0. The molecule has 1 heterocycles. The van der Waals surface area contributed by atoms with Crippen LogP contribution in [0.1, 0.15) is 49.0 Å². The van der Waals surface area contributed by atoms with Crippen LogP contribution in [0.25, 0.3) is 0 Å². The molecule has 2 amide bonds. The number of likely N-dealkylation sites (tertiary alicyclic amines) is 1. The Morgan fingerprint density at radius 2 is 1.87 bits per heavy atom. The summed E-state index contributed by atoms with van der Waals surface area (Å²) in [6, 6.07) is 14.0. The molecule has 2 aromatic carbocycles. The predicted molar refractivity (Wildman–Crippen MR) is 117 cm³/mol. The highest BCUT2D eigenvalue weighted by Gasteiger charge is 2.22. The molecule has 1 unspecified atom stereocenters. The lowest BCUT2D eigenvalue weighted by atomic mass is 10.0. The summed E-state index contributed by atoms with van der Waals surface area (Å²) in [4.78, 5) is 27.0. The van der Waals surface area contributed by atoms with E-state index in [1.807, 2.05) is 26.0 Å². The van der Waals surface area contributed by atoms with Gasteiger partial charge in [0.05, 0.1) is 0 Å². The molecule has 30 heavy (non-hydrogen) atoms. The number of carbonyl (C=O) groups is 2.